The summed E-state index contributed by atoms with van der Waals surface area (Å²) in [6.45, 7) is 5.17. The van der Waals surface area contributed by atoms with Crippen molar-refractivity contribution in [1.29, 1.82) is 0 Å². The Kier molecular flexibility index (Phi) is 4.43. The molecule has 0 aliphatic carbocycles. The molecule has 0 amide bonds. The topological polar surface area (TPSA) is 72.2 Å². The molecule has 0 saturated carbocycles. The quantitative estimate of drug-likeness (QED) is 0.657. The molecule has 0 saturated heterocycles. The van der Waals surface area contributed by atoms with Crippen LogP contribution in [0.4, 0.5) is 0 Å². The zero-order chi connectivity index (χ0) is 14.1. The Labute approximate surface area is 113 Å². The maximum absolute atomic E-state index is 11.8. The lowest BCUT2D eigenvalue weighted by atomic mass is 9.95. The minimum Gasteiger partial charge on any atom is -0.271 e. The molecule has 0 aromatic heterocycles. The number of hydrazine groups is 1. The molecule has 4 nitrogen and oxygen atoms in total. The van der Waals surface area contributed by atoms with E-state index in [1.807, 2.05) is 19.1 Å². The van der Waals surface area contributed by atoms with Crippen LogP contribution in [0.5, 0.6) is 0 Å². The molecule has 1 aromatic rings. The van der Waals surface area contributed by atoms with Gasteiger partial charge in [-0.05, 0) is 38.0 Å². The number of nitrogens with one attached hydrogen (secondary N) is 1. The normalized spacial score (nSPS) is 14.6. The molecule has 0 aliphatic rings. The van der Waals surface area contributed by atoms with Gasteiger partial charge in [0.2, 0.25) is 0 Å². The standard InChI is InChI=1S/C12H19ClN2O2S/c1-8-5-6-9(7-10(8)13)11(15-14)12(2,3)18(4,16)17/h5-7,11,15H,14H2,1-4H3. The molecule has 3 N–H and O–H groups in total. The van der Waals surface area contributed by atoms with Crippen LogP contribution in [0.3, 0.4) is 0 Å². The number of hydrogen-bond donors (Lipinski definition) is 2. The Hall–Kier alpha value is -0.620. The maximum Gasteiger partial charge on any atom is 0.154 e. The van der Waals surface area contributed by atoms with E-state index in [1.165, 1.54) is 6.26 Å². The molecular weight excluding hydrogens is 272 g/mol. The summed E-state index contributed by atoms with van der Waals surface area (Å²) in [5.74, 6) is 5.52. The highest BCUT2D eigenvalue weighted by molar-refractivity contribution is 7.92. The first-order valence-corrected chi connectivity index (χ1v) is 7.80. The number of benzene rings is 1. The van der Waals surface area contributed by atoms with Crippen molar-refractivity contribution in [2.24, 2.45) is 5.84 Å². The molecule has 102 valence electrons. The first-order chi connectivity index (χ1) is 8.11. The van der Waals surface area contributed by atoms with Gasteiger partial charge in [0, 0.05) is 11.3 Å². The molecule has 1 aromatic carbocycles. The molecule has 0 radical (unpaired) electrons. The van der Waals surface area contributed by atoms with Crippen LogP contribution in [0.2, 0.25) is 5.02 Å². The van der Waals surface area contributed by atoms with Gasteiger partial charge >= 0.3 is 0 Å². The largest absolute Gasteiger partial charge is 0.271 e. The Bertz CT molecular complexity index is 541. The highest BCUT2D eigenvalue weighted by Crippen LogP contribution is 2.33. The van der Waals surface area contributed by atoms with E-state index in [9.17, 15) is 8.42 Å². The predicted octanol–water partition coefficient (Wildman–Crippen LogP) is 1.98. The highest BCUT2D eigenvalue weighted by atomic mass is 35.5. The van der Waals surface area contributed by atoms with Crippen LogP contribution in [0.15, 0.2) is 18.2 Å². The second kappa shape index (κ2) is 5.17. The van der Waals surface area contributed by atoms with Crippen molar-refractivity contribution in [2.45, 2.75) is 31.6 Å². The summed E-state index contributed by atoms with van der Waals surface area (Å²) in [5.41, 5.74) is 4.27. The molecule has 0 aliphatic heterocycles. The van der Waals surface area contributed by atoms with E-state index in [1.54, 1.807) is 19.9 Å². The number of hydrogen-bond acceptors (Lipinski definition) is 4. The smallest absolute Gasteiger partial charge is 0.154 e. The summed E-state index contributed by atoms with van der Waals surface area (Å²) < 4.78 is 22.7. The van der Waals surface area contributed by atoms with Crippen molar-refractivity contribution in [3.05, 3.63) is 34.3 Å². The molecule has 0 heterocycles. The average molecular weight is 291 g/mol. The molecule has 1 atom stereocenters. The van der Waals surface area contributed by atoms with Crippen LogP contribution in [-0.2, 0) is 9.84 Å². The molecule has 0 spiro atoms. The van der Waals surface area contributed by atoms with E-state index in [0.717, 1.165) is 11.1 Å². The van der Waals surface area contributed by atoms with Gasteiger partial charge in [-0.3, -0.25) is 11.3 Å². The van der Waals surface area contributed by atoms with E-state index in [-0.39, 0.29) is 0 Å². The van der Waals surface area contributed by atoms with Crippen molar-refractivity contribution in [1.82, 2.24) is 5.43 Å². The summed E-state index contributed by atoms with van der Waals surface area (Å²) in [6, 6.07) is 4.90. The highest BCUT2D eigenvalue weighted by Gasteiger charge is 2.39. The number of halogens is 1. The Morgan fingerprint density at radius 3 is 2.33 bits per heavy atom. The molecule has 1 rings (SSSR count). The third kappa shape index (κ3) is 2.85. The van der Waals surface area contributed by atoms with Crippen LogP contribution in [-0.4, -0.2) is 19.4 Å². The number of aryl methyl sites for hydroxylation is 1. The molecule has 0 bridgehead atoms. The first-order valence-electron chi connectivity index (χ1n) is 5.53. The fourth-order valence-electron chi connectivity index (χ4n) is 1.70. The van der Waals surface area contributed by atoms with Gasteiger partial charge in [-0.15, -0.1) is 0 Å². The Morgan fingerprint density at radius 2 is 1.94 bits per heavy atom. The van der Waals surface area contributed by atoms with Gasteiger partial charge in [0.05, 0.1) is 10.8 Å². The van der Waals surface area contributed by atoms with E-state index in [2.05, 4.69) is 5.43 Å². The van der Waals surface area contributed by atoms with Gasteiger partial charge < -0.3 is 0 Å². The van der Waals surface area contributed by atoms with Gasteiger partial charge in [-0.2, -0.15) is 0 Å². The van der Waals surface area contributed by atoms with Crippen LogP contribution >= 0.6 is 11.6 Å². The molecule has 1 unspecified atom stereocenters. The monoisotopic (exact) mass is 290 g/mol. The van der Waals surface area contributed by atoms with Crippen LogP contribution in [0.25, 0.3) is 0 Å². The lowest BCUT2D eigenvalue weighted by molar-refractivity contribution is 0.427. The minimum absolute atomic E-state index is 0.523. The van der Waals surface area contributed by atoms with Crippen LogP contribution in [0.1, 0.15) is 31.0 Å². The summed E-state index contributed by atoms with van der Waals surface area (Å²) in [4.78, 5) is 0. The third-order valence-electron chi connectivity index (χ3n) is 3.35. The number of rotatable bonds is 4. The fraction of sp³-hybridized carbons (Fsp3) is 0.500. The second-order valence-electron chi connectivity index (χ2n) is 4.98. The first kappa shape index (κ1) is 15.4. The van der Waals surface area contributed by atoms with Crippen molar-refractivity contribution in [3.63, 3.8) is 0 Å². The summed E-state index contributed by atoms with van der Waals surface area (Å²) in [6.07, 6.45) is 1.20. The Morgan fingerprint density at radius 1 is 1.39 bits per heavy atom. The maximum atomic E-state index is 11.8. The van der Waals surface area contributed by atoms with Gasteiger partial charge in [-0.25, -0.2) is 8.42 Å². The number of nitrogens with two attached hydrogens (primary N) is 1. The molecule has 0 fully saturated rings. The van der Waals surface area contributed by atoms with E-state index < -0.39 is 20.6 Å². The summed E-state index contributed by atoms with van der Waals surface area (Å²) >= 11 is 6.06. The van der Waals surface area contributed by atoms with Gasteiger partial charge in [0.15, 0.2) is 9.84 Å². The fourth-order valence-corrected chi connectivity index (χ4v) is 2.52. The third-order valence-corrected chi connectivity index (χ3v) is 5.90. The molecule has 18 heavy (non-hydrogen) atoms. The minimum atomic E-state index is -3.27. The van der Waals surface area contributed by atoms with Crippen LogP contribution < -0.4 is 11.3 Å². The lowest BCUT2D eigenvalue weighted by Crippen LogP contribution is -2.47. The van der Waals surface area contributed by atoms with Crippen molar-refractivity contribution < 1.29 is 8.42 Å². The van der Waals surface area contributed by atoms with Gasteiger partial charge in [0.25, 0.3) is 0 Å². The van der Waals surface area contributed by atoms with Gasteiger partial charge in [0.1, 0.15) is 0 Å². The summed E-state index contributed by atoms with van der Waals surface area (Å²) in [5, 5.41) is 0.594. The zero-order valence-electron chi connectivity index (χ0n) is 11.0. The van der Waals surface area contributed by atoms with Crippen molar-refractivity contribution >= 4 is 21.4 Å². The van der Waals surface area contributed by atoms with Crippen LogP contribution in [0, 0.1) is 6.92 Å². The SMILES string of the molecule is Cc1ccc(C(NN)C(C)(C)S(C)(=O)=O)cc1Cl. The zero-order valence-corrected chi connectivity index (χ0v) is 12.6. The number of sulfone groups is 1. The van der Waals surface area contributed by atoms with E-state index in [0.29, 0.717) is 5.02 Å². The molecular formula is C12H19ClN2O2S. The predicted molar refractivity (Wildman–Crippen MR) is 75.2 cm³/mol. The van der Waals surface area contributed by atoms with E-state index >= 15 is 0 Å². The van der Waals surface area contributed by atoms with E-state index in [4.69, 9.17) is 17.4 Å². The average Bonchev–Trinajstić information content (AvgIpc) is 2.22. The second-order valence-corrected chi connectivity index (χ2v) is 7.99. The Balaban J connectivity index is 3.30. The van der Waals surface area contributed by atoms with Crippen molar-refractivity contribution in [2.75, 3.05) is 6.26 Å². The van der Waals surface area contributed by atoms with Gasteiger partial charge in [-0.1, -0.05) is 23.7 Å². The summed E-state index contributed by atoms with van der Waals surface area (Å²) in [7, 11) is -3.27. The molecule has 6 heteroatoms. The van der Waals surface area contributed by atoms with Crippen molar-refractivity contribution in [3.8, 4) is 0 Å². The lowest BCUT2D eigenvalue weighted by Gasteiger charge is -2.32.